The summed E-state index contributed by atoms with van der Waals surface area (Å²) in [7, 11) is 0. The largest absolute Gasteiger partial charge is 0.394 e. The fraction of sp³-hybridized carbons (Fsp3) is 0.312. The van der Waals surface area contributed by atoms with Crippen molar-refractivity contribution in [2.24, 2.45) is 0 Å². The van der Waals surface area contributed by atoms with Gasteiger partial charge >= 0.3 is 0 Å². The normalized spacial score (nSPS) is 14.6. The van der Waals surface area contributed by atoms with Crippen LogP contribution in [0.5, 0.6) is 0 Å². The van der Waals surface area contributed by atoms with Gasteiger partial charge in [0.1, 0.15) is 0 Å². The zero-order valence-electron chi connectivity index (χ0n) is 11.3. The van der Waals surface area contributed by atoms with Crippen LogP contribution in [0.2, 0.25) is 0 Å². The maximum atomic E-state index is 12.3. The Balaban J connectivity index is 2.25. The molecule has 2 aromatic rings. The molecule has 98 valence electrons. The van der Waals surface area contributed by atoms with Gasteiger partial charge in [0.05, 0.1) is 11.4 Å². The summed E-state index contributed by atoms with van der Waals surface area (Å²) in [6.07, 6.45) is 2.14. The van der Waals surface area contributed by atoms with Crippen molar-refractivity contribution >= 4 is 5.69 Å². The second kappa shape index (κ2) is 4.26. The van der Waals surface area contributed by atoms with E-state index in [0.29, 0.717) is 11.7 Å². The van der Waals surface area contributed by atoms with Crippen molar-refractivity contribution in [3.63, 3.8) is 0 Å². The zero-order chi connectivity index (χ0) is 13.6. The van der Waals surface area contributed by atoms with Crippen LogP contribution in [0.4, 0.5) is 5.69 Å². The minimum Gasteiger partial charge on any atom is -0.394 e. The minimum absolute atomic E-state index is 0.0556. The van der Waals surface area contributed by atoms with E-state index < -0.39 is 0 Å². The first-order chi connectivity index (χ1) is 9.08. The number of nitrogens with two attached hydrogens (primary N) is 1. The molecule has 1 heterocycles. The lowest BCUT2D eigenvalue weighted by Gasteiger charge is -2.15. The molecule has 1 aromatic heterocycles. The highest BCUT2D eigenvalue weighted by atomic mass is 16.1. The van der Waals surface area contributed by atoms with Crippen LogP contribution in [0, 0.1) is 13.8 Å². The number of rotatable bonds is 2. The Hall–Kier alpha value is -2.03. The van der Waals surface area contributed by atoms with Gasteiger partial charge in [-0.3, -0.25) is 4.79 Å². The van der Waals surface area contributed by atoms with Crippen molar-refractivity contribution in [3.8, 4) is 11.3 Å². The maximum Gasteiger partial charge on any atom is 0.274 e. The van der Waals surface area contributed by atoms with Gasteiger partial charge in [-0.2, -0.15) is 0 Å². The van der Waals surface area contributed by atoms with E-state index in [0.717, 1.165) is 24.1 Å². The van der Waals surface area contributed by atoms with Crippen molar-refractivity contribution < 1.29 is 0 Å². The standard InChI is InChI=1S/C16H18N2O/c1-10-3-6-13(11(2)9-10)15-8-7-14(17)16(19)18(15)12-4-5-12/h3,6-9,12H,4-5,17H2,1-2H3. The molecule has 1 aliphatic rings. The summed E-state index contributed by atoms with van der Waals surface area (Å²) >= 11 is 0. The molecule has 1 fully saturated rings. The Bertz CT molecular complexity index is 696. The third-order valence-electron chi connectivity index (χ3n) is 3.72. The molecule has 3 heteroatoms. The molecule has 1 saturated carbocycles. The van der Waals surface area contributed by atoms with Crippen molar-refractivity contribution in [2.75, 3.05) is 5.73 Å². The first kappa shape index (κ1) is 12.0. The lowest BCUT2D eigenvalue weighted by atomic mass is 10.0. The van der Waals surface area contributed by atoms with Crippen LogP contribution in [0.1, 0.15) is 30.0 Å². The number of pyridine rings is 1. The van der Waals surface area contributed by atoms with Crippen LogP contribution < -0.4 is 11.3 Å². The number of hydrogen-bond acceptors (Lipinski definition) is 2. The van der Waals surface area contributed by atoms with Gasteiger partial charge in [-0.1, -0.05) is 23.8 Å². The first-order valence-corrected chi connectivity index (χ1v) is 6.66. The topological polar surface area (TPSA) is 48.0 Å². The summed E-state index contributed by atoms with van der Waals surface area (Å²) in [6, 6.07) is 10.3. The van der Waals surface area contributed by atoms with E-state index in [1.165, 1.54) is 11.1 Å². The Labute approximate surface area is 112 Å². The van der Waals surface area contributed by atoms with Crippen molar-refractivity contribution in [2.45, 2.75) is 32.7 Å². The van der Waals surface area contributed by atoms with E-state index in [1.807, 2.05) is 10.6 Å². The molecule has 1 aliphatic carbocycles. The molecule has 0 spiro atoms. The summed E-state index contributed by atoms with van der Waals surface area (Å²) in [4.78, 5) is 12.3. The third kappa shape index (κ3) is 2.05. The third-order valence-corrected chi connectivity index (χ3v) is 3.72. The molecule has 0 saturated heterocycles. The molecule has 2 N–H and O–H groups in total. The van der Waals surface area contributed by atoms with Gasteiger partial charge in [-0.25, -0.2) is 0 Å². The lowest BCUT2D eigenvalue weighted by molar-refractivity contribution is 0.718. The highest BCUT2D eigenvalue weighted by Crippen LogP contribution is 2.38. The first-order valence-electron chi connectivity index (χ1n) is 6.66. The molecule has 3 nitrogen and oxygen atoms in total. The zero-order valence-corrected chi connectivity index (χ0v) is 11.3. The molecule has 0 amide bonds. The van der Waals surface area contributed by atoms with Crippen molar-refractivity contribution in [1.29, 1.82) is 0 Å². The van der Waals surface area contributed by atoms with Gasteiger partial charge in [0.25, 0.3) is 5.56 Å². The van der Waals surface area contributed by atoms with Crippen molar-refractivity contribution in [3.05, 3.63) is 51.8 Å². The van der Waals surface area contributed by atoms with E-state index in [9.17, 15) is 4.79 Å². The van der Waals surface area contributed by atoms with Crippen LogP contribution >= 0.6 is 0 Å². The molecule has 0 unspecified atom stereocenters. The molecular weight excluding hydrogens is 236 g/mol. The average Bonchev–Trinajstić information content (AvgIpc) is 3.17. The molecule has 0 bridgehead atoms. The SMILES string of the molecule is Cc1ccc(-c2ccc(N)c(=O)n2C2CC2)c(C)c1. The quantitative estimate of drug-likeness (QED) is 0.895. The van der Waals surface area contributed by atoms with Gasteiger partial charge in [-0.05, 0) is 44.4 Å². The molecule has 0 radical (unpaired) electrons. The molecular formula is C16H18N2O. The second-order valence-electron chi connectivity index (χ2n) is 5.40. The number of aryl methyl sites for hydroxylation is 2. The Kier molecular flexibility index (Phi) is 2.70. The highest BCUT2D eigenvalue weighted by molar-refractivity contribution is 5.66. The molecule has 19 heavy (non-hydrogen) atoms. The Morgan fingerprint density at radius 2 is 1.89 bits per heavy atom. The number of hydrogen-bond donors (Lipinski definition) is 1. The summed E-state index contributed by atoms with van der Waals surface area (Å²) in [5.41, 5.74) is 10.6. The summed E-state index contributed by atoms with van der Waals surface area (Å²) < 4.78 is 1.87. The average molecular weight is 254 g/mol. The van der Waals surface area contributed by atoms with Gasteiger partial charge in [-0.15, -0.1) is 0 Å². The minimum atomic E-state index is -0.0556. The van der Waals surface area contributed by atoms with Gasteiger partial charge in [0, 0.05) is 11.6 Å². The van der Waals surface area contributed by atoms with E-state index in [2.05, 4.69) is 32.0 Å². The lowest BCUT2D eigenvalue weighted by Crippen LogP contribution is -2.23. The molecule has 1 aromatic carbocycles. The number of aromatic nitrogens is 1. The van der Waals surface area contributed by atoms with Crippen LogP contribution in [0.3, 0.4) is 0 Å². The molecule has 0 atom stereocenters. The summed E-state index contributed by atoms with van der Waals surface area (Å²) in [5, 5.41) is 0. The van der Waals surface area contributed by atoms with Crippen LogP contribution in [0.15, 0.2) is 35.1 Å². The fourth-order valence-electron chi connectivity index (χ4n) is 2.58. The van der Waals surface area contributed by atoms with E-state index in [4.69, 9.17) is 5.73 Å². The Morgan fingerprint density at radius 1 is 1.16 bits per heavy atom. The van der Waals surface area contributed by atoms with Gasteiger partial charge < -0.3 is 10.3 Å². The smallest absolute Gasteiger partial charge is 0.274 e. The van der Waals surface area contributed by atoms with Crippen LogP contribution in [-0.2, 0) is 0 Å². The number of nitrogen functional groups attached to an aromatic ring is 1. The predicted octanol–water partition coefficient (Wildman–Crippen LogP) is 3.05. The highest BCUT2D eigenvalue weighted by Gasteiger charge is 2.27. The number of nitrogens with zero attached hydrogens (tertiary/aromatic N) is 1. The summed E-state index contributed by atoms with van der Waals surface area (Å²) in [5.74, 6) is 0. The fourth-order valence-corrected chi connectivity index (χ4v) is 2.58. The monoisotopic (exact) mass is 254 g/mol. The van der Waals surface area contributed by atoms with Crippen LogP contribution in [-0.4, -0.2) is 4.57 Å². The summed E-state index contributed by atoms with van der Waals surface area (Å²) in [6.45, 7) is 4.16. The molecule has 3 rings (SSSR count). The van der Waals surface area contributed by atoms with Gasteiger partial charge in [0.2, 0.25) is 0 Å². The van der Waals surface area contributed by atoms with Crippen molar-refractivity contribution in [1.82, 2.24) is 4.57 Å². The number of anilines is 1. The van der Waals surface area contributed by atoms with Crippen LogP contribution in [0.25, 0.3) is 11.3 Å². The predicted molar refractivity (Wildman–Crippen MR) is 78.3 cm³/mol. The second-order valence-corrected chi connectivity index (χ2v) is 5.40. The van der Waals surface area contributed by atoms with E-state index >= 15 is 0 Å². The van der Waals surface area contributed by atoms with E-state index in [1.54, 1.807) is 6.07 Å². The molecule has 0 aliphatic heterocycles. The Morgan fingerprint density at radius 3 is 2.53 bits per heavy atom. The number of benzene rings is 1. The van der Waals surface area contributed by atoms with Gasteiger partial charge in [0.15, 0.2) is 0 Å². The van der Waals surface area contributed by atoms with E-state index in [-0.39, 0.29) is 5.56 Å². The maximum absolute atomic E-state index is 12.3.